The second-order valence-electron chi connectivity index (χ2n) is 6.36. The first-order chi connectivity index (χ1) is 11.3. The van der Waals surface area contributed by atoms with E-state index in [2.05, 4.69) is 15.2 Å². The molecule has 0 aliphatic carbocycles. The van der Waals surface area contributed by atoms with Crippen LogP contribution in [0.25, 0.3) is 10.8 Å². The molecule has 0 bridgehead atoms. The number of nitrogens with zero attached hydrogens (tertiary/aromatic N) is 2. The number of carbonyl (C=O) groups is 1. The van der Waals surface area contributed by atoms with E-state index in [1.807, 2.05) is 24.3 Å². The zero-order valence-electron chi connectivity index (χ0n) is 13.1. The van der Waals surface area contributed by atoms with Gasteiger partial charge in [-0.3, -0.25) is 14.7 Å². The van der Waals surface area contributed by atoms with E-state index in [0.717, 1.165) is 30.5 Å². The van der Waals surface area contributed by atoms with Crippen molar-refractivity contribution in [1.29, 1.82) is 0 Å². The van der Waals surface area contributed by atoms with Crippen LogP contribution in [0.3, 0.4) is 0 Å². The molecule has 1 amide bonds. The minimum atomic E-state index is -0.0820. The first kappa shape index (κ1) is 14.6. The lowest BCUT2D eigenvalue weighted by molar-refractivity contribution is -0.0461. The van der Waals surface area contributed by atoms with Crippen LogP contribution in [-0.2, 0) is 4.74 Å². The molecule has 1 aromatic carbocycles. The number of ether oxygens (including phenoxy) is 1. The Bertz CT molecular complexity index is 713. The Morgan fingerprint density at radius 3 is 3.22 bits per heavy atom. The van der Waals surface area contributed by atoms with Gasteiger partial charge in [-0.25, -0.2) is 0 Å². The van der Waals surface area contributed by atoms with Crippen molar-refractivity contribution in [2.24, 2.45) is 0 Å². The van der Waals surface area contributed by atoms with E-state index < -0.39 is 0 Å². The van der Waals surface area contributed by atoms with Gasteiger partial charge in [0.15, 0.2) is 0 Å². The van der Waals surface area contributed by atoms with Crippen molar-refractivity contribution in [2.75, 3.05) is 26.2 Å². The molecule has 0 radical (unpaired) electrons. The third kappa shape index (κ3) is 2.94. The summed E-state index contributed by atoms with van der Waals surface area (Å²) < 4.78 is 5.89. The molecule has 2 saturated heterocycles. The highest BCUT2D eigenvalue weighted by atomic mass is 16.5. The van der Waals surface area contributed by atoms with Crippen LogP contribution in [0.15, 0.2) is 36.7 Å². The van der Waals surface area contributed by atoms with Crippen LogP contribution < -0.4 is 5.32 Å². The summed E-state index contributed by atoms with van der Waals surface area (Å²) in [5.41, 5.74) is 0.623. The summed E-state index contributed by atoms with van der Waals surface area (Å²) in [7, 11) is 0. The maximum Gasteiger partial charge on any atom is 0.253 e. The number of morpholine rings is 1. The summed E-state index contributed by atoms with van der Waals surface area (Å²) in [6.07, 6.45) is 5.99. The van der Waals surface area contributed by atoms with Gasteiger partial charge >= 0.3 is 0 Å². The fourth-order valence-corrected chi connectivity index (χ4v) is 3.61. The lowest BCUT2D eigenvalue weighted by atomic mass is 10.1. The van der Waals surface area contributed by atoms with Crippen LogP contribution in [0.4, 0.5) is 0 Å². The average Bonchev–Trinajstić information content (AvgIpc) is 3.07. The van der Waals surface area contributed by atoms with Gasteiger partial charge in [-0.1, -0.05) is 24.3 Å². The fourth-order valence-electron chi connectivity index (χ4n) is 3.61. The largest absolute Gasteiger partial charge is 0.373 e. The highest BCUT2D eigenvalue weighted by Gasteiger charge is 2.32. The summed E-state index contributed by atoms with van der Waals surface area (Å²) in [5.74, 6) is -0.0820. The predicted octanol–water partition coefficient (Wildman–Crippen LogP) is 1.83. The van der Waals surface area contributed by atoms with Crippen molar-refractivity contribution in [1.82, 2.24) is 15.2 Å². The van der Waals surface area contributed by atoms with Crippen LogP contribution in [0.2, 0.25) is 0 Å². The molecule has 3 heterocycles. The lowest BCUT2D eigenvalue weighted by Gasteiger charge is -2.35. The Morgan fingerprint density at radius 2 is 2.26 bits per heavy atom. The molecule has 1 aromatic heterocycles. The molecule has 4 rings (SSSR count). The third-order valence-corrected chi connectivity index (χ3v) is 4.86. The Morgan fingerprint density at radius 1 is 1.35 bits per heavy atom. The van der Waals surface area contributed by atoms with Crippen molar-refractivity contribution >= 4 is 16.7 Å². The van der Waals surface area contributed by atoms with E-state index in [4.69, 9.17) is 4.74 Å². The molecule has 0 spiro atoms. The van der Waals surface area contributed by atoms with E-state index in [0.29, 0.717) is 18.2 Å². The first-order valence-corrected chi connectivity index (χ1v) is 8.28. The monoisotopic (exact) mass is 311 g/mol. The molecular formula is C18H21N3O2. The van der Waals surface area contributed by atoms with E-state index in [9.17, 15) is 4.79 Å². The molecule has 120 valence electrons. The number of pyridine rings is 1. The fraction of sp³-hybridized carbons (Fsp3) is 0.444. The summed E-state index contributed by atoms with van der Waals surface area (Å²) >= 11 is 0. The van der Waals surface area contributed by atoms with Crippen LogP contribution >= 0.6 is 0 Å². The molecule has 2 fully saturated rings. The Kier molecular flexibility index (Phi) is 3.97. The maximum absolute atomic E-state index is 12.5. The second-order valence-corrected chi connectivity index (χ2v) is 6.36. The predicted molar refractivity (Wildman–Crippen MR) is 88.4 cm³/mol. The Hall–Kier alpha value is -1.98. The van der Waals surface area contributed by atoms with Gasteiger partial charge in [0.1, 0.15) is 0 Å². The Labute approximate surface area is 135 Å². The minimum Gasteiger partial charge on any atom is -0.373 e. The average molecular weight is 311 g/mol. The summed E-state index contributed by atoms with van der Waals surface area (Å²) in [5, 5.41) is 4.93. The van der Waals surface area contributed by atoms with E-state index in [1.165, 1.54) is 12.8 Å². The zero-order valence-corrected chi connectivity index (χ0v) is 13.1. The minimum absolute atomic E-state index is 0.0798. The van der Waals surface area contributed by atoms with Crippen molar-refractivity contribution < 1.29 is 9.53 Å². The summed E-state index contributed by atoms with van der Waals surface area (Å²) in [6.45, 7) is 3.41. The maximum atomic E-state index is 12.5. The molecule has 2 aliphatic rings. The van der Waals surface area contributed by atoms with E-state index in [1.54, 1.807) is 12.4 Å². The molecule has 2 aliphatic heterocycles. The number of carbonyl (C=O) groups excluding carboxylic acids is 1. The number of benzene rings is 1. The van der Waals surface area contributed by atoms with Gasteiger partial charge in [0.25, 0.3) is 5.91 Å². The van der Waals surface area contributed by atoms with Gasteiger partial charge in [0.2, 0.25) is 0 Å². The number of aromatic nitrogens is 1. The number of hydrogen-bond acceptors (Lipinski definition) is 4. The van der Waals surface area contributed by atoms with Crippen molar-refractivity contribution in [2.45, 2.75) is 25.0 Å². The normalized spacial score (nSPS) is 24.5. The smallest absolute Gasteiger partial charge is 0.253 e. The summed E-state index contributed by atoms with van der Waals surface area (Å²) in [4.78, 5) is 19.2. The molecule has 2 unspecified atom stereocenters. The second kappa shape index (κ2) is 6.26. The van der Waals surface area contributed by atoms with Crippen molar-refractivity contribution in [3.8, 4) is 0 Å². The lowest BCUT2D eigenvalue weighted by Crippen LogP contribution is -2.50. The highest BCUT2D eigenvalue weighted by Crippen LogP contribution is 2.22. The van der Waals surface area contributed by atoms with Crippen LogP contribution in [0, 0.1) is 0 Å². The molecular weight excluding hydrogens is 290 g/mol. The first-order valence-electron chi connectivity index (χ1n) is 8.28. The van der Waals surface area contributed by atoms with Crippen LogP contribution in [0.5, 0.6) is 0 Å². The standard InChI is InChI=1S/C18H21N3O2/c22-18(17-10-19-8-13-4-1-2-6-16(13)17)20-9-15-11-21-7-3-5-14(21)12-23-15/h1-2,4,6,8,10,14-15H,3,5,7,9,11-12H2,(H,20,22). The molecule has 1 N–H and O–H groups in total. The molecule has 5 nitrogen and oxygen atoms in total. The van der Waals surface area contributed by atoms with Gasteiger partial charge in [-0.2, -0.15) is 0 Å². The molecule has 0 saturated carbocycles. The molecule has 2 aromatic rings. The molecule has 23 heavy (non-hydrogen) atoms. The topological polar surface area (TPSA) is 54.5 Å². The molecule has 2 atom stereocenters. The van der Waals surface area contributed by atoms with Crippen LogP contribution in [-0.4, -0.2) is 54.2 Å². The third-order valence-electron chi connectivity index (χ3n) is 4.86. The van der Waals surface area contributed by atoms with Gasteiger partial charge in [-0.05, 0) is 24.8 Å². The molecule has 5 heteroatoms. The highest BCUT2D eigenvalue weighted by molar-refractivity contribution is 6.06. The van der Waals surface area contributed by atoms with Gasteiger partial charge in [0, 0.05) is 36.9 Å². The van der Waals surface area contributed by atoms with Crippen LogP contribution in [0.1, 0.15) is 23.2 Å². The summed E-state index contributed by atoms with van der Waals surface area (Å²) in [6, 6.07) is 8.41. The number of amides is 1. The zero-order chi connectivity index (χ0) is 15.6. The SMILES string of the molecule is O=C(NCC1CN2CCCC2CO1)c1cncc2ccccc12. The number of fused-ring (bicyclic) bond motifs is 2. The van der Waals surface area contributed by atoms with Crippen molar-refractivity contribution in [3.63, 3.8) is 0 Å². The van der Waals surface area contributed by atoms with Gasteiger partial charge in [0.05, 0.1) is 18.3 Å². The van der Waals surface area contributed by atoms with Crippen molar-refractivity contribution in [3.05, 3.63) is 42.2 Å². The Balaban J connectivity index is 1.41. The number of rotatable bonds is 3. The number of nitrogens with one attached hydrogen (secondary N) is 1. The van der Waals surface area contributed by atoms with Gasteiger partial charge in [-0.15, -0.1) is 0 Å². The van der Waals surface area contributed by atoms with E-state index in [-0.39, 0.29) is 12.0 Å². The quantitative estimate of drug-likeness (QED) is 0.939. The van der Waals surface area contributed by atoms with Gasteiger partial charge < -0.3 is 10.1 Å². The van der Waals surface area contributed by atoms with E-state index >= 15 is 0 Å². The number of hydrogen-bond donors (Lipinski definition) is 1.